The number of aromatic amines is 1. The lowest BCUT2D eigenvalue weighted by Crippen LogP contribution is -2.39. The molecule has 0 radical (unpaired) electrons. The van der Waals surface area contributed by atoms with Gasteiger partial charge in [-0.05, 0) is 30.3 Å². The van der Waals surface area contributed by atoms with Crippen LogP contribution in [0, 0.1) is 0 Å². The van der Waals surface area contributed by atoms with Crippen LogP contribution in [0.3, 0.4) is 0 Å². The number of para-hydroxylation sites is 2. The molecule has 2 N–H and O–H groups in total. The molecule has 3 aromatic rings. The number of aromatic nitrogens is 2. The third-order valence-electron chi connectivity index (χ3n) is 4.14. The van der Waals surface area contributed by atoms with E-state index < -0.39 is 11.1 Å². The summed E-state index contributed by atoms with van der Waals surface area (Å²) < 4.78 is 11.8. The zero-order chi connectivity index (χ0) is 18.1. The Labute approximate surface area is 147 Å². The fourth-order valence-corrected chi connectivity index (χ4v) is 2.87. The number of nitrogens with one attached hydrogen (secondary N) is 2. The standard InChI is InChI=1S/C18H15N3O5/c22-16(11-5-6-14-15(9-11)26-10-25-14)19-7-8-21-13-4-2-1-3-12(13)20-17(23)18(21)24/h1-6,9H,7-8,10H2,(H,19,22)(H,20,23). The van der Waals surface area contributed by atoms with E-state index in [4.69, 9.17) is 9.47 Å². The van der Waals surface area contributed by atoms with Crippen molar-refractivity contribution < 1.29 is 14.3 Å². The van der Waals surface area contributed by atoms with Crippen molar-refractivity contribution in [2.24, 2.45) is 0 Å². The third kappa shape index (κ3) is 2.81. The minimum Gasteiger partial charge on any atom is -0.454 e. The minimum absolute atomic E-state index is 0.138. The van der Waals surface area contributed by atoms with Gasteiger partial charge in [-0.3, -0.25) is 14.4 Å². The van der Waals surface area contributed by atoms with Crippen molar-refractivity contribution in [3.8, 4) is 11.5 Å². The largest absolute Gasteiger partial charge is 0.454 e. The topological polar surface area (TPSA) is 102 Å². The summed E-state index contributed by atoms with van der Waals surface area (Å²) in [6.45, 7) is 0.513. The summed E-state index contributed by atoms with van der Waals surface area (Å²) in [5, 5.41) is 2.74. The number of rotatable bonds is 4. The molecule has 2 heterocycles. The van der Waals surface area contributed by atoms with Crippen molar-refractivity contribution in [3.05, 3.63) is 68.7 Å². The molecule has 4 rings (SSSR count). The highest BCUT2D eigenvalue weighted by Gasteiger charge is 2.16. The molecule has 0 spiro atoms. The number of hydrogen-bond donors (Lipinski definition) is 2. The Balaban J connectivity index is 1.51. The van der Waals surface area contributed by atoms with E-state index in [1.165, 1.54) is 4.57 Å². The number of H-pyrrole nitrogens is 1. The predicted octanol–water partition coefficient (Wildman–Crippen LogP) is 0.848. The second-order valence-corrected chi connectivity index (χ2v) is 5.75. The quantitative estimate of drug-likeness (QED) is 0.677. The molecule has 8 heteroatoms. The van der Waals surface area contributed by atoms with Crippen LogP contribution in [-0.2, 0) is 6.54 Å². The van der Waals surface area contributed by atoms with Gasteiger partial charge in [0.05, 0.1) is 11.0 Å². The Morgan fingerprint density at radius 1 is 1.12 bits per heavy atom. The van der Waals surface area contributed by atoms with Crippen molar-refractivity contribution in [1.82, 2.24) is 14.9 Å². The molecule has 0 aliphatic carbocycles. The predicted molar refractivity (Wildman–Crippen MR) is 93.7 cm³/mol. The van der Waals surface area contributed by atoms with E-state index in [-0.39, 0.29) is 25.8 Å². The van der Waals surface area contributed by atoms with Crippen LogP contribution >= 0.6 is 0 Å². The van der Waals surface area contributed by atoms with Crippen LogP contribution < -0.4 is 25.9 Å². The van der Waals surface area contributed by atoms with Crippen molar-refractivity contribution in [2.75, 3.05) is 13.3 Å². The fourth-order valence-electron chi connectivity index (χ4n) is 2.87. The number of amides is 1. The van der Waals surface area contributed by atoms with Crippen LogP contribution in [0.5, 0.6) is 11.5 Å². The summed E-state index contributed by atoms with van der Waals surface area (Å²) in [4.78, 5) is 38.7. The Hall–Kier alpha value is -3.55. The molecule has 132 valence electrons. The number of ether oxygens (including phenoxy) is 2. The summed E-state index contributed by atoms with van der Waals surface area (Å²) in [6.07, 6.45) is 0. The number of carbonyl (C=O) groups is 1. The normalized spacial score (nSPS) is 12.3. The van der Waals surface area contributed by atoms with Crippen molar-refractivity contribution in [3.63, 3.8) is 0 Å². The van der Waals surface area contributed by atoms with E-state index in [1.54, 1.807) is 42.5 Å². The lowest BCUT2D eigenvalue weighted by Gasteiger charge is -2.10. The van der Waals surface area contributed by atoms with Crippen LogP contribution in [-0.4, -0.2) is 28.8 Å². The average molecular weight is 353 g/mol. The molecule has 0 fully saturated rings. The van der Waals surface area contributed by atoms with Gasteiger partial charge in [-0.25, -0.2) is 0 Å². The molecule has 1 aliphatic heterocycles. The minimum atomic E-state index is -0.689. The molecule has 0 atom stereocenters. The molecular weight excluding hydrogens is 338 g/mol. The maximum Gasteiger partial charge on any atom is 0.316 e. The molecule has 0 bridgehead atoms. The monoisotopic (exact) mass is 353 g/mol. The Kier molecular flexibility index (Phi) is 3.92. The number of carbonyl (C=O) groups excluding carboxylic acids is 1. The van der Waals surface area contributed by atoms with Gasteiger partial charge in [-0.15, -0.1) is 0 Å². The Morgan fingerprint density at radius 3 is 2.81 bits per heavy atom. The third-order valence-corrected chi connectivity index (χ3v) is 4.14. The smallest absolute Gasteiger partial charge is 0.316 e. The first-order valence-electron chi connectivity index (χ1n) is 8.03. The number of nitrogens with zero attached hydrogens (tertiary/aromatic N) is 1. The maximum atomic E-state index is 12.3. The summed E-state index contributed by atoms with van der Waals surface area (Å²) in [5.74, 6) is 0.822. The van der Waals surface area contributed by atoms with Gasteiger partial charge < -0.3 is 24.3 Å². The van der Waals surface area contributed by atoms with Crippen molar-refractivity contribution >= 4 is 16.9 Å². The molecule has 2 aromatic carbocycles. The summed E-state index contributed by atoms with van der Waals surface area (Å²) in [7, 11) is 0. The van der Waals surface area contributed by atoms with Gasteiger partial charge in [0, 0.05) is 18.7 Å². The molecule has 0 saturated heterocycles. The molecule has 26 heavy (non-hydrogen) atoms. The van der Waals surface area contributed by atoms with Gasteiger partial charge in [0.25, 0.3) is 5.91 Å². The summed E-state index contributed by atoms with van der Waals surface area (Å²) in [5.41, 5.74) is 0.262. The van der Waals surface area contributed by atoms with Crippen molar-refractivity contribution in [1.29, 1.82) is 0 Å². The number of fused-ring (bicyclic) bond motifs is 2. The van der Waals surface area contributed by atoms with E-state index in [2.05, 4.69) is 10.3 Å². The lowest BCUT2D eigenvalue weighted by atomic mass is 10.2. The summed E-state index contributed by atoms with van der Waals surface area (Å²) in [6, 6.07) is 11.9. The molecule has 0 unspecified atom stereocenters. The number of hydrogen-bond acceptors (Lipinski definition) is 5. The lowest BCUT2D eigenvalue weighted by molar-refractivity contribution is 0.0952. The van der Waals surface area contributed by atoms with Gasteiger partial charge in [0.1, 0.15) is 0 Å². The van der Waals surface area contributed by atoms with Gasteiger partial charge in [-0.2, -0.15) is 0 Å². The van der Waals surface area contributed by atoms with Crippen LogP contribution in [0.25, 0.3) is 11.0 Å². The number of benzene rings is 2. The average Bonchev–Trinajstić information content (AvgIpc) is 3.12. The zero-order valence-corrected chi connectivity index (χ0v) is 13.7. The highest BCUT2D eigenvalue weighted by Crippen LogP contribution is 2.32. The molecular formula is C18H15N3O5. The van der Waals surface area contributed by atoms with E-state index in [0.29, 0.717) is 28.1 Å². The van der Waals surface area contributed by atoms with Crippen molar-refractivity contribution in [2.45, 2.75) is 6.54 Å². The molecule has 8 nitrogen and oxygen atoms in total. The van der Waals surface area contributed by atoms with E-state index in [9.17, 15) is 14.4 Å². The Morgan fingerprint density at radius 2 is 1.92 bits per heavy atom. The van der Waals surface area contributed by atoms with E-state index in [0.717, 1.165) is 0 Å². The highest BCUT2D eigenvalue weighted by molar-refractivity contribution is 5.94. The second kappa shape index (κ2) is 6.40. The maximum absolute atomic E-state index is 12.3. The second-order valence-electron chi connectivity index (χ2n) is 5.75. The summed E-state index contributed by atoms with van der Waals surface area (Å²) >= 11 is 0. The fraction of sp³-hybridized carbons (Fsp3) is 0.167. The molecule has 1 amide bonds. The van der Waals surface area contributed by atoms with E-state index in [1.807, 2.05) is 0 Å². The Bertz CT molecular complexity index is 1120. The first-order valence-corrected chi connectivity index (χ1v) is 8.03. The molecule has 0 saturated carbocycles. The molecule has 1 aromatic heterocycles. The van der Waals surface area contributed by atoms with Crippen LogP contribution in [0.1, 0.15) is 10.4 Å². The zero-order valence-electron chi connectivity index (χ0n) is 13.7. The van der Waals surface area contributed by atoms with Crippen LogP contribution in [0.15, 0.2) is 52.1 Å². The van der Waals surface area contributed by atoms with Gasteiger partial charge in [0.15, 0.2) is 11.5 Å². The van der Waals surface area contributed by atoms with Gasteiger partial charge in [0.2, 0.25) is 6.79 Å². The van der Waals surface area contributed by atoms with Gasteiger partial charge >= 0.3 is 11.1 Å². The van der Waals surface area contributed by atoms with Crippen LogP contribution in [0.4, 0.5) is 0 Å². The SMILES string of the molecule is O=C(NCCn1c(=O)c(=O)[nH]c2ccccc21)c1ccc2c(c1)OCO2. The van der Waals surface area contributed by atoms with Gasteiger partial charge in [-0.1, -0.05) is 12.1 Å². The molecule has 1 aliphatic rings. The first-order chi connectivity index (χ1) is 12.6. The van der Waals surface area contributed by atoms with E-state index >= 15 is 0 Å². The highest BCUT2D eigenvalue weighted by atomic mass is 16.7. The first kappa shape index (κ1) is 15.9. The van der Waals surface area contributed by atoms with Crippen LogP contribution in [0.2, 0.25) is 0 Å².